The molecule has 2 N–H and O–H groups in total. The van der Waals surface area contributed by atoms with Gasteiger partial charge in [-0.15, -0.1) is 0 Å². The van der Waals surface area contributed by atoms with Crippen LogP contribution in [0.1, 0.15) is 46.0 Å². The second kappa shape index (κ2) is 6.90. The van der Waals surface area contributed by atoms with Crippen LogP contribution in [0.5, 0.6) is 0 Å². The molecule has 0 bridgehead atoms. The topological polar surface area (TPSA) is 49.6 Å². The zero-order valence-electron chi connectivity index (χ0n) is 13.3. The molecular weight excluding hydrogens is 250 g/mol. The summed E-state index contributed by atoms with van der Waals surface area (Å²) >= 11 is 0. The van der Waals surface area contributed by atoms with Crippen LogP contribution in [0.15, 0.2) is 0 Å². The number of likely N-dealkylation sites (tertiary alicyclic amines) is 1. The van der Waals surface area contributed by atoms with Gasteiger partial charge in [0.25, 0.3) is 0 Å². The predicted octanol–water partition coefficient (Wildman–Crippen LogP) is 1.69. The van der Waals surface area contributed by atoms with E-state index in [9.17, 15) is 4.79 Å². The summed E-state index contributed by atoms with van der Waals surface area (Å²) in [5.41, 5.74) is 5.96. The summed E-state index contributed by atoms with van der Waals surface area (Å²) in [5, 5.41) is 0. The fourth-order valence-corrected chi connectivity index (χ4v) is 3.57. The van der Waals surface area contributed by atoms with Crippen molar-refractivity contribution in [1.29, 1.82) is 0 Å². The van der Waals surface area contributed by atoms with Gasteiger partial charge in [0.1, 0.15) is 0 Å². The van der Waals surface area contributed by atoms with Gasteiger partial charge in [-0.05, 0) is 57.4 Å². The standard InChI is InChI=1S/C16H31N3O/c1-12-4-6-15(7-5-12)18(3)16(20)11-19-9-8-14(10-19)13(2)17/h12-15H,4-11,17H2,1-3H3. The molecule has 1 saturated carbocycles. The van der Waals surface area contributed by atoms with Crippen LogP contribution in [0.25, 0.3) is 0 Å². The number of likely N-dealkylation sites (N-methyl/N-ethyl adjacent to an activating group) is 1. The molecule has 0 aromatic rings. The summed E-state index contributed by atoms with van der Waals surface area (Å²) in [4.78, 5) is 16.7. The van der Waals surface area contributed by atoms with Crippen LogP contribution in [0.4, 0.5) is 0 Å². The molecule has 1 amide bonds. The van der Waals surface area contributed by atoms with E-state index >= 15 is 0 Å². The average molecular weight is 281 g/mol. The van der Waals surface area contributed by atoms with Gasteiger partial charge in [0.2, 0.25) is 5.91 Å². The van der Waals surface area contributed by atoms with Crippen LogP contribution in [0.2, 0.25) is 0 Å². The molecule has 116 valence electrons. The minimum Gasteiger partial charge on any atom is -0.342 e. The summed E-state index contributed by atoms with van der Waals surface area (Å²) in [5.74, 6) is 1.68. The highest BCUT2D eigenvalue weighted by atomic mass is 16.2. The van der Waals surface area contributed by atoms with Crippen molar-refractivity contribution >= 4 is 5.91 Å². The van der Waals surface area contributed by atoms with Gasteiger partial charge in [-0.25, -0.2) is 0 Å². The molecule has 1 aliphatic carbocycles. The molecule has 2 fully saturated rings. The van der Waals surface area contributed by atoms with Crippen LogP contribution in [0, 0.1) is 11.8 Å². The first-order chi connectivity index (χ1) is 9.47. The lowest BCUT2D eigenvalue weighted by Gasteiger charge is -2.34. The normalized spacial score (nSPS) is 33.1. The van der Waals surface area contributed by atoms with Gasteiger partial charge >= 0.3 is 0 Å². The lowest BCUT2D eigenvalue weighted by molar-refractivity contribution is -0.133. The molecule has 0 radical (unpaired) electrons. The van der Waals surface area contributed by atoms with Crippen molar-refractivity contribution in [2.45, 2.75) is 58.0 Å². The summed E-state index contributed by atoms with van der Waals surface area (Å²) in [6.07, 6.45) is 6.00. The van der Waals surface area contributed by atoms with E-state index in [1.165, 1.54) is 25.7 Å². The molecule has 1 heterocycles. The van der Waals surface area contributed by atoms with Crippen molar-refractivity contribution in [3.8, 4) is 0 Å². The van der Waals surface area contributed by atoms with Gasteiger partial charge in [-0.2, -0.15) is 0 Å². The van der Waals surface area contributed by atoms with E-state index in [0.717, 1.165) is 25.4 Å². The molecular formula is C16H31N3O. The number of hydrogen-bond donors (Lipinski definition) is 1. The van der Waals surface area contributed by atoms with Crippen LogP contribution in [-0.2, 0) is 4.79 Å². The quantitative estimate of drug-likeness (QED) is 0.853. The average Bonchev–Trinajstić information content (AvgIpc) is 2.87. The van der Waals surface area contributed by atoms with Crippen molar-refractivity contribution in [2.75, 3.05) is 26.7 Å². The van der Waals surface area contributed by atoms with Crippen LogP contribution in [0.3, 0.4) is 0 Å². The Morgan fingerprint density at radius 3 is 2.50 bits per heavy atom. The van der Waals surface area contributed by atoms with Gasteiger partial charge < -0.3 is 10.6 Å². The largest absolute Gasteiger partial charge is 0.342 e. The summed E-state index contributed by atoms with van der Waals surface area (Å²) in [7, 11) is 1.99. The van der Waals surface area contributed by atoms with E-state index in [-0.39, 0.29) is 11.9 Å². The third-order valence-electron chi connectivity index (χ3n) is 5.34. The van der Waals surface area contributed by atoms with E-state index < -0.39 is 0 Å². The van der Waals surface area contributed by atoms with Crippen LogP contribution < -0.4 is 5.73 Å². The molecule has 20 heavy (non-hydrogen) atoms. The molecule has 2 atom stereocenters. The van der Waals surface area contributed by atoms with E-state index in [2.05, 4.69) is 18.7 Å². The number of hydrogen-bond acceptors (Lipinski definition) is 3. The number of rotatable bonds is 4. The number of nitrogens with zero attached hydrogens (tertiary/aromatic N) is 2. The van der Waals surface area contributed by atoms with Gasteiger partial charge in [-0.1, -0.05) is 6.92 Å². The van der Waals surface area contributed by atoms with E-state index in [0.29, 0.717) is 18.5 Å². The second-order valence-corrected chi connectivity index (χ2v) is 7.06. The second-order valence-electron chi connectivity index (χ2n) is 7.06. The Hall–Kier alpha value is -0.610. The SMILES string of the molecule is CC1CCC(N(C)C(=O)CN2CCC(C(C)N)C2)CC1. The summed E-state index contributed by atoms with van der Waals surface area (Å²) < 4.78 is 0. The van der Waals surface area contributed by atoms with Crippen molar-refractivity contribution in [3.63, 3.8) is 0 Å². The highest BCUT2D eigenvalue weighted by molar-refractivity contribution is 5.78. The van der Waals surface area contributed by atoms with E-state index in [1.807, 2.05) is 11.9 Å². The molecule has 0 aromatic heterocycles. The number of nitrogens with two attached hydrogens (primary N) is 1. The lowest BCUT2D eigenvalue weighted by atomic mass is 9.87. The molecule has 0 aromatic carbocycles. The molecule has 2 rings (SSSR count). The first-order valence-electron chi connectivity index (χ1n) is 8.21. The lowest BCUT2D eigenvalue weighted by Crippen LogP contribution is -2.44. The van der Waals surface area contributed by atoms with Gasteiger partial charge in [0, 0.05) is 25.7 Å². The molecule has 2 unspecified atom stereocenters. The maximum atomic E-state index is 12.4. The Morgan fingerprint density at radius 1 is 1.30 bits per heavy atom. The first-order valence-corrected chi connectivity index (χ1v) is 8.21. The zero-order chi connectivity index (χ0) is 14.7. The Labute approximate surface area is 123 Å². The molecule has 2 aliphatic rings. The summed E-state index contributed by atoms with van der Waals surface area (Å²) in [6, 6.07) is 0.707. The molecule has 1 saturated heterocycles. The molecule has 1 aliphatic heterocycles. The Kier molecular flexibility index (Phi) is 5.44. The van der Waals surface area contributed by atoms with Crippen molar-refractivity contribution in [3.05, 3.63) is 0 Å². The first kappa shape index (κ1) is 15.8. The Bertz CT molecular complexity index is 324. The van der Waals surface area contributed by atoms with Crippen molar-refractivity contribution in [2.24, 2.45) is 17.6 Å². The van der Waals surface area contributed by atoms with Gasteiger partial charge in [0.15, 0.2) is 0 Å². The van der Waals surface area contributed by atoms with Gasteiger partial charge in [-0.3, -0.25) is 9.69 Å². The Morgan fingerprint density at radius 2 is 1.95 bits per heavy atom. The molecule has 4 heteroatoms. The van der Waals surface area contributed by atoms with Crippen LogP contribution in [-0.4, -0.2) is 54.5 Å². The maximum absolute atomic E-state index is 12.4. The van der Waals surface area contributed by atoms with Crippen molar-refractivity contribution < 1.29 is 4.79 Å². The van der Waals surface area contributed by atoms with Gasteiger partial charge in [0.05, 0.1) is 6.54 Å². The van der Waals surface area contributed by atoms with E-state index in [1.54, 1.807) is 0 Å². The summed E-state index contributed by atoms with van der Waals surface area (Å²) in [6.45, 7) is 6.97. The highest BCUT2D eigenvalue weighted by Crippen LogP contribution is 2.27. The predicted molar refractivity (Wildman–Crippen MR) is 82.4 cm³/mol. The maximum Gasteiger partial charge on any atom is 0.236 e. The van der Waals surface area contributed by atoms with Crippen LogP contribution >= 0.6 is 0 Å². The molecule has 4 nitrogen and oxygen atoms in total. The monoisotopic (exact) mass is 281 g/mol. The van der Waals surface area contributed by atoms with E-state index in [4.69, 9.17) is 5.73 Å². The molecule has 0 spiro atoms. The third-order valence-corrected chi connectivity index (χ3v) is 5.34. The number of carbonyl (C=O) groups excluding carboxylic acids is 1. The smallest absolute Gasteiger partial charge is 0.236 e. The third kappa shape index (κ3) is 3.95. The minimum atomic E-state index is 0.243. The number of carbonyl (C=O) groups is 1. The fraction of sp³-hybridized carbons (Fsp3) is 0.938. The fourth-order valence-electron chi connectivity index (χ4n) is 3.57. The Balaban J connectivity index is 1.77. The highest BCUT2D eigenvalue weighted by Gasteiger charge is 2.29. The minimum absolute atomic E-state index is 0.243. The van der Waals surface area contributed by atoms with Crippen molar-refractivity contribution in [1.82, 2.24) is 9.80 Å². The zero-order valence-corrected chi connectivity index (χ0v) is 13.3. The number of amides is 1.